The van der Waals surface area contributed by atoms with Gasteiger partial charge in [-0.15, -0.1) is 0 Å². The maximum Gasteiger partial charge on any atom is 0.250 e. The average molecular weight is 224 g/mol. The molecular weight excluding hydrogens is 208 g/mol. The summed E-state index contributed by atoms with van der Waals surface area (Å²) in [7, 11) is -2.03. The van der Waals surface area contributed by atoms with E-state index in [9.17, 15) is 13.2 Å². The first-order chi connectivity index (χ1) is 6.43. The van der Waals surface area contributed by atoms with E-state index >= 15 is 0 Å². The summed E-state index contributed by atoms with van der Waals surface area (Å²) in [6, 6.07) is -0.851. The van der Waals surface area contributed by atoms with Crippen molar-refractivity contribution in [3.05, 3.63) is 0 Å². The summed E-state index contributed by atoms with van der Waals surface area (Å²) in [5.74, 6) is -0.834. The zero-order valence-corrected chi connectivity index (χ0v) is 9.13. The van der Waals surface area contributed by atoms with Crippen molar-refractivity contribution in [2.24, 2.45) is 5.73 Å². The molecule has 0 bridgehead atoms. The number of amides is 1. The molecule has 1 amide bonds. The Morgan fingerprint density at radius 1 is 1.57 bits per heavy atom. The number of rotatable bonds is 6. The van der Waals surface area contributed by atoms with Crippen LogP contribution < -0.4 is 10.5 Å². The van der Waals surface area contributed by atoms with Crippen molar-refractivity contribution in [2.75, 3.05) is 19.5 Å². The summed E-state index contributed by atoms with van der Waals surface area (Å²) < 4.78 is 28.5. The summed E-state index contributed by atoms with van der Waals surface area (Å²) >= 11 is 0. The van der Waals surface area contributed by atoms with Crippen molar-refractivity contribution in [1.29, 1.82) is 0 Å². The first kappa shape index (κ1) is 13.3. The van der Waals surface area contributed by atoms with Gasteiger partial charge in [0.05, 0.1) is 11.8 Å². The van der Waals surface area contributed by atoms with Crippen LogP contribution in [0.2, 0.25) is 0 Å². The molecule has 0 aliphatic carbocycles. The van der Waals surface area contributed by atoms with Gasteiger partial charge in [0, 0.05) is 13.7 Å². The number of methoxy groups -OCH3 is 1. The van der Waals surface area contributed by atoms with E-state index in [0.29, 0.717) is 13.0 Å². The number of carbonyl (C=O) groups excluding carboxylic acids is 1. The highest BCUT2D eigenvalue weighted by Gasteiger charge is 2.18. The molecule has 0 aliphatic rings. The number of nitrogens with two attached hydrogens (primary N) is 1. The monoisotopic (exact) mass is 224 g/mol. The van der Waals surface area contributed by atoms with Crippen molar-refractivity contribution in [3.63, 3.8) is 0 Å². The van der Waals surface area contributed by atoms with Crippen LogP contribution in [0.15, 0.2) is 0 Å². The van der Waals surface area contributed by atoms with Crippen molar-refractivity contribution >= 4 is 15.9 Å². The summed E-state index contributed by atoms with van der Waals surface area (Å²) in [5.41, 5.74) is 5.41. The number of hydrogen-bond donors (Lipinski definition) is 2. The van der Waals surface area contributed by atoms with Crippen molar-refractivity contribution in [1.82, 2.24) is 4.72 Å². The molecule has 14 heavy (non-hydrogen) atoms. The molecule has 0 aromatic carbocycles. The molecule has 0 aliphatic heterocycles. The highest BCUT2D eigenvalue weighted by Crippen LogP contribution is 1.91. The Labute approximate surface area is 83.9 Å². The topological polar surface area (TPSA) is 98.5 Å². The highest BCUT2D eigenvalue weighted by molar-refractivity contribution is 7.90. The molecule has 0 fully saturated rings. The fourth-order valence-electron chi connectivity index (χ4n) is 0.677. The van der Waals surface area contributed by atoms with Crippen LogP contribution in [0.4, 0.5) is 0 Å². The number of sulfonamides is 1. The molecule has 6 nitrogen and oxygen atoms in total. The van der Waals surface area contributed by atoms with Crippen LogP contribution in [0, 0.1) is 0 Å². The largest absolute Gasteiger partial charge is 0.385 e. The molecule has 0 saturated heterocycles. The quantitative estimate of drug-likeness (QED) is 0.591. The molecule has 84 valence electrons. The van der Waals surface area contributed by atoms with E-state index < -0.39 is 22.0 Å². The van der Waals surface area contributed by atoms with Gasteiger partial charge in [-0.05, 0) is 13.3 Å². The van der Waals surface area contributed by atoms with E-state index in [2.05, 4.69) is 0 Å². The van der Waals surface area contributed by atoms with Crippen LogP contribution in [0.25, 0.3) is 0 Å². The van der Waals surface area contributed by atoms with Gasteiger partial charge in [0.2, 0.25) is 15.9 Å². The minimum Gasteiger partial charge on any atom is -0.385 e. The SMILES string of the molecule is CCS(=O)(=O)NC(=O)C(N)CCOC. The molecule has 0 saturated carbocycles. The second-order valence-electron chi connectivity index (χ2n) is 2.76. The summed E-state index contributed by atoms with van der Waals surface area (Å²) in [5, 5.41) is 0. The van der Waals surface area contributed by atoms with Crippen LogP contribution in [0.1, 0.15) is 13.3 Å². The first-order valence-corrected chi connectivity index (χ1v) is 5.87. The molecule has 1 unspecified atom stereocenters. The highest BCUT2D eigenvalue weighted by atomic mass is 32.2. The van der Waals surface area contributed by atoms with Gasteiger partial charge in [-0.2, -0.15) is 0 Å². The summed E-state index contributed by atoms with van der Waals surface area (Å²) in [4.78, 5) is 11.2. The fourth-order valence-corrected chi connectivity index (χ4v) is 1.28. The lowest BCUT2D eigenvalue weighted by Gasteiger charge is -2.10. The maximum atomic E-state index is 11.2. The number of hydrogen-bond acceptors (Lipinski definition) is 5. The average Bonchev–Trinajstić information content (AvgIpc) is 2.13. The van der Waals surface area contributed by atoms with Gasteiger partial charge < -0.3 is 10.5 Å². The molecule has 1 atom stereocenters. The Kier molecular flexibility index (Phi) is 5.66. The van der Waals surface area contributed by atoms with Crippen LogP contribution in [-0.4, -0.2) is 39.8 Å². The number of carbonyl (C=O) groups is 1. The van der Waals surface area contributed by atoms with E-state index in [4.69, 9.17) is 10.5 Å². The third-order valence-electron chi connectivity index (χ3n) is 1.61. The molecule has 0 heterocycles. The lowest BCUT2D eigenvalue weighted by Crippen LogP contribution is -2.44. The minimum atomic E-state index is -3.51. The third-order valence-corrected chi connectivity index (χ3v) is 2.88. The Balaban J connectivity index is 4.08. The van der Waals surface area contributed by atoms with Gasteiger partial charge in [0.15, 0.2) is 0 Å². The fraction of sp³-hybridized carbons (Fsp3) is 0.857. The Hall–Kier alpha value is -0.660. The molecular formula is C7H16N2O4S. The number of nitrogens with one attached hydrogen (secondary N) is 1. The molecule has 3 N–H and O–H groups in total. The van der Waals surface area contributed by atoms with Crippen LogP contribution in [0.5, 0.6) is 0 Å². The number of ether oxygens (including phenoxy) is 1. The summed E-state index contributed by atoms with van der Waals surface area (Å²) in [6.07, 6.45) is 0.293. The molecule has 0 radical (unpaired) electrons. The van der Waals surface area contributed by atoms with Gasteiger partial charge in [-0.25, -0.2) is 8.42 Å². The molecule has 7 heteroatoms. The Morgan fingerprint density at radius 2 is 2.14 bits per heavy atom. The van der Waals surface area contributed by atoms with Crippen LogP contribution >= 0.6 is 0 Å². The van der Waals surface area contributed by atoms with Gasteiger partial charge in [-0.3, -0.25) is 9.52 Å². The van der Waals surface area contributed by atoms with Crippen molar-refractivity contribution in [3.8, 4) is 0 Å². The summed E-state index contributed by atoms with van der Waals surface area (Å²) in [6.45, 7) is 1.76. The van der Waals surface area contributed by atoms with Gasteiger partial charge in [0.1, 0.15) is 0 Å². The molecule has 0 spiro atoms. The normalized spacial score (nSPS) is 13.6. The molecule has 0 rings (SSSR count). The zero-order chi connectivity index (χ0) is 11.2. The molecule has 0 aromatic rings. The van der Waals surface area contributed by atoms with Crippen LogP contribution in [0.3, 0.4) is 0 Å². The van der Waals surface area contributed by atoms with Gasteiger partial charge in [-0.1, -0.05) is 0 Å². The van der Waals surface area contributed by atoms with E-state index in [0.717, 1.165) is 0 Å². The van der Waals surface area contributed by atoms with Crippen molar-refractivity contribution in [2.45, 2.75) is 19.4 Å². The Bertz CT molecular complexity index is 275. The Morgan fingerprint density at radius 3 is 2.57 bits per heavy atom. The lowest BCUT2D eigenvalue weighted by atomic mass is 10.2. The minimum absolute atomic E-state index is 0.143. The van der Waals surface area contributed by atoms with E-state index in [1.807, 2.05) is 4.72 Å². The smallest absolute Gasteiger partial charge is 0.250 e. The molecule has 0 aromatic heterocycles. The second-order valence-corrected chi connectivity index (χ2v) is 4.77. The maximum absolute atomic E-state index is 11.2. The van der Waals surface area contributed by atoms with Gasteiger partial charge in [0.25, 0.3) is 0 Å². The zero-order valence-electron chi connectivity index (χ0n) is 8.32. The van der Waals surface area contributed by atoms with E-state index in [1.165, 1.54) is 14.0 Å². The lowest BCUT2D eigenvalue weighted by molar-refractivity contribution is -0.120. The standard InChI is InChI=1S/C7H16N2O4S/c1-3-14(11,12)9-7(10)6(8)4-5-13-2/h6H,3-5,8H2,1-2H3,(H,9,10). The first-order valence-electron chi connectivity index (χ1n) is 4.21. The van der Waals surface area contributed by atoms with Crippen molar-refractivity contribution < 1.29 is 17.9 Å². The van der Waals surface area contributed by atoms with E-state index in [1.54, 1.807) is 0 Å². The second kappa shape index (κ2) is 5.94. The third kappa shape index (κ3) is 5.15. The van der Waals surface area contributed by atoms with Gasteiger partial charge >= 0.3 is 0 Å². The predicted molar refractivity (Wildman–Crippen MR) is 52.1 cm³/mol. The van der Waals surface area contributed by atoms with Crippen LogP contribution in [-0.2, 0) is 19.6 Å². The predicted octanol–water partition coefficient (Wildman–Crippen LogP) is -1.18. The van der Waals surface area contributed by atoms with E-state index in [-0.39, 0.29) is 5.75 Å².